The smallest absolute Gasteiger partial charge is 0.251 e. The molecule has 0 aromatic heterocycles. The van der Waals surface area contributed by atoms with Crippen molar-refractivity contribution < 1.29 is 14.3 Å². The van der Waals surface area contributed by atoms with Crippen LogP contribution in [0.1, 0.15) is 23.2 Å². The lowest BCUT2D eigenvalue weighted by Gasteiger charge is -2.14. The van der Waals surface area contributed by atoms with Gasteiger partial charge in [-0.15, -0.1) is 0 Å². The monoisotopic (exact) mass is 290 g/mol. The lowest BCUT2D eigenvalue weighted by atomic mass is 10.1. The minimum absolute atomic E-state index is 0.110. The van der Waals surface area contributed by atoms with Crippen molar-refractivity contribution in [3.63, 3.8) is 0 Å². The molecule has 1 heterocycles. The Kier molecular flexibility index (Phi) is 5.63. The molecule has 0 saturated carbocycles. The predicted octanol–water partition coefficient (Wildman–Crippen LogP) is 1.74. The zero-order valence-corrected chi connectivity index (χ0v) is 12.6. The van der Waals surface area contributed by atoms with Crippen LogP contribution in [0.4, 0.5) is 0 Å². The van der Waals surface area contributed by atoms with Crippen molar-refractivity contribution in [2.75, 3.05) is 33.9 Å². The minimum atomic E-state index is -0.110. The van der Waals surface area contributed by atoms with Crippen molar-refractivity contribution in [2.24, 2.45) is 0 Å². The zero-order chi connectivity index (χ0) is 15.1. The van der Waals surface area contributed by atoms with Crippen molar-refractivity contribution in [3.05, 3.63) is 35.4 Å². The van der Waals surface area contributed by atoms with Crippen molar-refractivity contribution in [2.45, 2.75) is 12.8 Å². The first-order valence-corrected chi connectivity index (χ1v) is 7.13. The van der Waals surface area contributed by atoms with Crippen molar-refractivity contribution >= 4 is 5.91 Å². The summed E-state index contributed by atoms with van der Waals surface area (Å²) in [6.45, 7) is 2.59. The molecule has 1 aromatic carbocycles. The fourth-order valence-electron chi connectivity index (χ4n) is 2.27. The molecule has 0 atom stereocenters. The molecule has 5 nitrogen and oxygen atoms in total. The molecule has 1 aliphatic rings. The fraction of sp³-hybridized carbons (Fsp3) is 0.438. The Balaban J connectivity index is 1.91. The summed E-state index contributed by atoms with van der Waals surface area (Å²) in [5, 5.41) is 6.21. The second-order valence-corrected chi connectivity index (χ2v) is 4.92. The van der Waals surface area contributed by atoms with Gasteiger partial charge in [0.05, 0.1) is 14.2 Å². The number of benzene rings is 1. The number of rotatable bonds is 6. The summed E-state index contributed by atoms with van der Waals surface area (Å²) in [4.78, 5) is 12.2. The highest BCUT2D eigenvalue weighted by atomic mass is 16.5. The number of carbonyl (C=O) groups excluding carboxylic acids is 1. The summed E-state index contributed by atoms with van der Waals surface area (Å²) >= 11 is 0. The van der Waals surface area contributed by atoms with Crippen LogP contribution in [0.15, 0.2) is 29.8 Å². The van der Waals surface area contributed by atoms with Crippen LogP contribution >= 0.6 is 0 Å². The summed E-state index contributed by atoms with van der Waals surface area (Å²) in [6.07, 6.45) is 4.15. The largest absolute Gasteiger partial charge is 0.497 e. The van der Waals surface area contributed by atoms with Gasteiger partial charge in [-0.05, 0) is 31.5 Å². The molecule has 2 N–H and O–H groups in total. The van der Waals surface area contributed by atoms with E-state index < -0.39 is 0 Å². The van der Waals surface area contributed by atoms with E-state index in [4.69, 9.17) is 9.47 Å². The van der Waals surface area contributed by atoms with Gasteiger partial charge in [0.2, 0.25) is 0 Å². The van der Waals surface area contributed by atoms with Crippen molar-refractivity contribution in [1.82, 2.24) is 10.6 Å². The zero-order valence-electron chi connectivity index (χ0n) is 12.6. The van der Waals surface area contributed by atoms with Crippen LogP contribution in [0.5, 0.6) is 11.5 Å². The van der Waals surface area contributed by atoms with Crippen molar-refractivity contribution in [3.8, 4) is 11.5 Å². The lowest BCUT2D eigenvalue weighted by Crippen LogP contribution is -2.26. The second-order valence-electron chi connectivity index (χ2n) is 4.92. The number of amides is 1. The Morgan fingerprint density at radius 3 is 2.52 bits per heavy atom. The minimum Gasteiger partial charge on any atom is -0.497 e. The maximum absolute atomic E-state index is 12.2. The van der Waals surface area contributed by atoms with Gasteiger partial charge in [0.15, 0.2) is 0 Å². The molecule has 5 heteroatoms. The molecular weight excluding hydrogens is 268 g/mol. The van der Waals surface area contributed by atoms with E-state index in [9.17, 15) is 4.79 Å². The first-order chi connectivity index (χ1) is 10.2. The highest BCUT2D eigenvalue weighted by Gasteiger charge is 2.10. The quantitative estimate of drug-likeness (QED) is 0.784. The summed E-state index contributed by atoms with van der Waals surface area (Å²) in [5.74, 6) is 1.11. The number of carbonyl (C=O) groups is 1. The SMILES string of the molecule is COc1cc(OC)cc(C(=O)NCCC2=CCNCC2)c1. The molecule has 0 unspecified atom stereocenters. The van der Waals surface area contributed by atoms with E-state index in [1.807, 2.05) is 0 Å². The van der Waals surface area contributed by atoms with Crippen LogP contribution in [0.25, 0.3) is 0 Å². The fourth-order valence-corrected chi connectivity index (χ4v) is 2.27. The van der Waals surface area contributed by atoms with Crippen LogP contribution in [-0.4, -0.2) is 39.8 Å². The van der Waals surface area contributed by atoms with E-state index in [1.165, 1.54) is 5.57 Å². The van der Waals surface area contributed by atoms with Gasteiger partial charge in [-0.3, -0.25) is 4.79 Å². The topological polar surface area (TPSA) is 59.6 Å². The molecule has 1 aliphatic heterocycles. The molecular formula is C16H22N2O3. The van der Waals surface area contributed by atoms with E-state index in [0.29, 0.717) is 23.6 Å². The lowest BCUT2D eigenvalue weighted by molar-refractivity contribution is 0.0953. The van der Waals surface area contributed by atoms with Gasteiger partial charge in [-0.1, -0.05) is 11.6 Å². The molecule has 0 fully saturated rings. The summed E-state index contributed by atoms with van der Waals surface area (Å²) in [5.41, 5.74) is 1.95. The third kappa shape index (κ3) is 4.49. The van der Waals surface area contributed by atoms with Gasteiger partial charge in [-0.2, -0.15) is 0 Å². The van der Waals surface area contributed by atoms with E-state index >= 15 is 0 Å². The number of methoxy groups -OCH3 is 2. The summed E-state index contributed by atoms with van der Waals surface area (Å²) in [7, 11) is 3.14. The number of hydrogen-bond donors (Lipinski definition) is 2. The average molecular weight is 290 g/mol. The molecule has 114 valence electrons. The van der Waals surface area contributed by atoms with E-state index in [1.54, 1.807) is 32.4 Å². The number of nitrogens with one attached hydrogen (secondary N) is 2. The van der Waals surface area contributed by atoms with Gasteiger partial charge in [0, 0.05) is 24.7 Å². The molecule has 0 spiro atoms. The molecule has 1 amide bonds. The maximum atomic E-state index is 12.2. The molecule has 0 radical (unpaired) electrons. The first kappa shape index (κ1) is 15.4. The van der Waals surface area contributed by atoms with Gasteiger partial charge in [-0.25, -0.2) is 0 Å². The third-order valence-electron chi connectivity index (χ3n) is 3.50. The van der Waals surface area contributed by atoms with E-state index in [0.717, 1.165) is 25.9 Å². The number of hydrogen-bond acceptors (Lipinski definition) is 4. The Hall–Kier alpha value is -2.01. The maximum Gasteiger partial charge on any atom is 0.251 e. The van der Waals surface area contributed by atoms with Crippen LogP contribution in [0.3, 0.4) is 0 Å². The normalized spacial score (nSPS) is 14.3. The highest BCUT2D eigenvalue weighted by molar-refractivity contribution is 5.95. The molecule has 0 saturated heterocycles. The van der Waals surface area contributed by atoms with Gasteiger partial charge >= 0.3 is 0 Å². The first-order valence-electron chi connectivity index (χ1n) is 7.13. The summed E-state index contributed by atoms with van der Waals surface area (Å²) < 4.78 is 10.3. The Morgan fingerprint density at radius 1 is 1.24 bits per heavy atom. The van der Waals surface area contributed by atoms with E-state index in [2.05, 4.69) is 16.7 Å². The Labute approximate surface area is 125 Å². The predicted molar refractivity (Wildman–Crippen MR) is 82.1 cm³/mol. The van der Waals surface area contributed by atoms with Crippen LogP contribution < -0.4 is 20.1 Å². The number of ether oxygens (including phenoxy) is 2. The highest BCUT2D eigenvalue weighted by Crippen LogP contribution is 2.22. The molecule has 1 aromatic rings. The van der Waals surface area contributed by atoms with Crippen LogP contribution in [0.2, 0.25) is 0 Å². The van der Waals surface area contributed by atoms with Crippen LogP contribution in [-0.2, 0) is 0 Å². The second kappa shape index (κ2) is 7.69. The average Bonchev–Trinajstić information content (AvgIpc) is 2.55. The van der Waals surface area contributed by atoms with Crippen LogP contribution in [0, 0.1) is 0 Å². The standard InChI is InChI=1S/C16H22N2O3/c1-20-14-9-13(10-15(11-14)21-2)16(19)18-8-5-12-3-6-17-7-4-12/h3,9-11,17H,4-8H2,1-2H3,(H,18,19). The molecule has 0 aliphatic carbocycles. The van der Waals surface area contributed by atoms with Crippen molar-refractivity contribution in [1.29, 1.82) is 0 Å². The molecule has 21 heavy (non-hydrogen) atoms. The van der Waals surface area contributed by atoms with Gasteiger partial charge in [0.1, 0.15) is 11.5 Å². The molecule has 2 rings (SSSR count). The van der Waals surface area contributed by atoms with Gasteiger partial charge < -0.3 is 20.1 Å². The Morgan fingerprint density at radius 2 is 1.95 bits per heavy atom. The molecule has 0 bridgehead atoms. The van der Waals surface area contributed by atoms with E-state index in [-0.39, 0.29) is 5.91 Å². The Bertz CT molecular complexity index is 504. The van der Waals surface area contributed by atoms with Gasteiger partial charge in [0.25, 0.3) is 5.91 Å². The summed E-state index contributed by atoms with van der Waals surface area (Å²) in [6, 6.07) is 5.17. The third-order valence-corrected chi connectivity index (χ3v) is 3.50.